The second kappa shape index (κ2) is 13.5. The molecule has 1 aliphatic carbocycles. The van der Waals surface area contributed by atoms with Gasteiger partial charge in [-0.2, -0.15) is 0 Å². The van der Waals surface area contributed by atoms with Crippen molar-refractivity contribution >= 4 is 17.6 Å². The number of rotatable bonds is 12. The van der Waals surface area contributed by atoms with Crippen molar-refractivity contribution in [1.29, 1.82) is 0 Å². The quantitative estimate of drug-likeness (QED) is 0.217. The van der Waals surface area contributed by atoms with E-state index in [1.165, 1.54) is 12.1 Å². The summed E-state index contributed by atoms with van der Waals surface area (Å²) in [5.74, 6) is -0.850. The molecule has 224 valence electrons. The lowest BCUT2D eigenvalue weighted by Crippen LogP contribution is -2.59. The fourth-order valence-corrected chi connectivity index (χ4v) is 4.74. The van der Waals surface area contributed by atoms with E-state index in [0.717, 1.165) is 31.4 Å². The molecule has 0 bridgehead atoms. The van der Waals surface area contributed by atoms with Crippen LogP contribution in [0.1, 0.15) is 72.4 Å². The van der Waals surface area contributed by atoms with Gasteiger partial charge in [0.05, 0.1) is 7.11 Å². The zero-order valence-electron chi connectivity index (χ0n) is 23.0. The number of nitrogens with one attached hydrogen (secondary N) is 2. The Labute approximate surface area is 240 Å². The Bertz CT molecular complexity index is 1370. The monoisotopic (exact) mass is 588 g/mol. The van der Waals surface area contributed by atoms with Gasteiger partial charge in [-0.25, -0.2) is 0 Å². The number of hydrogen-bond donors (Lipinski definition) is 2. The molecule has 1 aromatic heterocycles. The van der Waals surface area contributed by atoms with E-state index in [2.05, 4.69) is 25.6 Å². The van der Waals surface area contributed by atoms with E-state index in [-0.39, 0.29) is 42.0 Å². The minimum Gasteiger partial charge on any atom is -0.497 e. The highest BCUT2D eigenvalue weighted by Gasteiger charge is 2.41. The Morgan fingerprint density at radius 1 is 0.929 bits per heavy atom. The minimum atomic E-state index is -4.84. The number of unbranched alkanes of at least 4 members (excludes halogenated alkanes) is 1. The lowest BCUT2D eigenvalue weighted by Gasteiger charge is -2.36. The first-order chi connectivity index (χ1) is 20.1. The molecule has 0 unspecified atom stereocenters. The van der Waals surface area contributed by atoms with Gasteiger partial charge in [0, 0.05) is 24.1 Å². The molecule has 2 aromatic carbocycles. The van der Waals surface area contributed by atoms with Gasteiger partial charge in [0.25, 0.3) is 11.8 Å². The summed E-state index contributed by atoms with van der Waals surface area (Å²) in [6, 6.07) is 11.5. The number of Topliss-reactive ketones (excluding diaryl/α,β-unsaturated/α-hetero) is 1. The molecule has 0 radical (unpaired) electrons. The predicted molar refractivity (Wildman–Crippen MR) is 144 cm³/mol. The van der Waals surface area contributed by atoms with Crippen LogP contribution in [-0.2, 0) is 4.79 Å². The number of ketones is 1. The van der Waals surface area contributed by atoms with Gasteiger partial charge < -0.3 is 24.5 Å². The van der Waals surface area contributed by atoms with Crippen molar-refractivity contribution in [1.82, 2.24) is 20.8 Å². The highest BCUT2D eigenvalue weighted by atomic mass is 19.4. The SMILES string of the molecule is COc1ccc(-c2nnc(C(=O)CCCCNC(=O)C3(NC(=O)c4ccc(OC(F)(F)F)cc4)CCCCC3)o2)cc1. The first-order valence-corrected chi connectivity index (χ1v) is 13.6. The first kappa shape index (κ1) is 30.5. The summed E-state index contributed by atoms with van der Waals surface area (Å²) >= 11 is 0. The van der Waals surface area contributed by atoms with Gasteiger partial charge in [-0.3, -0.25) is 14.4 Å². The Hall–Kier alpha value is -4.42. The average molecular weight is 589 g/mol. The second-order valence-corrected chi connectivity index (χ2v) is 9.95. The first-order valence-electron chi connectivity index (χ1n) is 13.6. The molecule has 1 fully saturated rings. The molecule has 0 atom stereocenters. The average Bonchev–Trinajstić information content (AvgIpc) is 3.47. The molecule has 10 nitrogen and oxygen atoms in total. The highest BCUT2D eigenvalue weighted by Crippen LogP contribution is 2.30. The Kier molecular flexibility index (Phi) is 9.81. The van der Waals surface area contributed by atoms with Crippen molar-refractivity contribution in [2.45, 2.75) is 63.3 Å². The number of hydrogen-bond acceptors (Lipinski definition) is 8. The van der Waals surface area contributed by atoms with Crippen LogP contribution in [0.2, 0.25) is 0 Å². The standard InChI is InChI=1S/C29H31F3N4O6/c1-40-21-12-10-20(11-13-21)25-35-36-26(41-25)23(37)7-3-6-18-33-27(39)28(16-4-2-5-17-28)34-24(38)19-8-14-22(15-9-19)42-29(30,31)32/h8-15H,2-7,16-18H2,1H3,(H,33,39)(H,34,38). The van der Waals surface area contributed by atoms with Crippen LogP contribution in [0.4, 0.5) is 13.2 Å². The van der Waals surface area contributed by atoms with Crippen LogP contribution in [0.25, 0.3) is 11.5 Å². The zero-order valence-corrected chi connectivity index (χ0v) is 23.0. The third kappa shape index (κ3) is 8.08. The molecular formula is C29H31F3N4O6. The fraction of sp³-hybridized carbons (Fsp3) is 0.414. The van der Waals surface area contributed by atoms with E-state index in [9.17, 15) is 27.6 Å². The molecule has 42 heavy (non-hydrogen) atoms. The summed E-state index contributed by atoms with van der Waals surface area (Å²) in [5.41, 5.74) is -0.369. The van der Waals surface area contributed by atoms with Gasteiger partial charge in [-0.05, 0) is 74.2 Å². The number of aromatic nitrogens is 2. The highest BCUT2D eigenvalue weighted by molar-refractivity contribution is 5.99. The van der Waals surface area contributed by atoms with Crippen LogP contribution in [-0.4, -0.2) is 53.4 Å². The molecular weight excluding hydrogens is 557 g/mol. The molecule has 13 heteroatoms. The maximum Gasteiger partial charge on any atom is 0.573 e. The Morgan fingerprint density at radius 3 is 2.24 bits per heavy atom. The van der Waals surface area contributed by atoms with Crippen molar-refractivity contribution < 1.29 is 41.4 Å². The van der Waals surface area contributed by atoms with Crippen LogP contribution in [0.3, 0.4) is 0 Å². The maximum atomic E-state index is 13.2. The Morgan fingerprint density at radius 2 is 1.60 bits per heavy atom. The van der Waals surface area contributed by atoms with Crippen molar-refractivity contribution in [2.24, 2.45) is 0 Å². The second-order valence-electron chi connectivity index (χ2n) is 9.95. The van der Waals surface area contributed by atoms with Crippen molar-refractivity contribution in [3.05, 3.63) is 60.0 Å². The summed E-state index contributed by atoms with van der Waals surface area (Å²) in [6.45, 7) is 0.286. The fourth-order valence-electron chi connectivity index (χ4n) is 4.74. The molecule has 2 amide bonds. The number of benzene rings is 2. The minimum absolute atomic E-state index is 0.0910. The lowest BCUT2D eigenvalue weighted by molar-refractivity contribution is -0.274. The molecule has 1 aliphatic rings. The van der Waals surface area contributed by atoms with Crippen molar-refractivity contribution in [2.75, 3.05) is 13.7 Å². The molecule has 1 heterocycles. The number of amides is 2. The number of carbonyl (C=O) groups is 3. The normalized spacial score (nSPS) is 14.6. The molecule has 0 saturated heterocycles. The van der Waals surface area contributed by atoms with Crippen LogP contribution in [0.15, 0.2) is 52.9 Å². The molecule has 1 saturated carbocycles. The van der Waals surface area contributed by atoms with E-state index in [1.807, 2.05) is 0 Å². The van der Waals surface area contributed by atoms with Crippen LogP contribution in [0, 0.1) is 0 Å². The summed E-state index contributed by atoms with van der Waals surface area (Å²) in [6.07, 6.45) is -0.449. The van der Waals surface area contributed by atoms with Crippen LogP contribution >= 0.6 is 0 Å². The van der Waals surface area contributed by atoms with Gasteiger partial charge in [0.15, 0.2) is 0 Å². The largest absolute Gasteiger partial charge is 0.573 e. The topological polar surface area (TPSA) is 133 Å². The van der Waals surface area contributed by atoms with E-state index in [0.29, 0.717) is 37.0 Å². The van der Waals surface area contributed by atoms with Crippen LogP contribution < -0.4 is 20.1 Å². The summed E-state index contributed by atoms with van der Waals surface area (Å²) in [5, 5.41) is 13.5. The third-order valence-electron chi connectivity index (χ3n) is 6.96. The third-order valence-corrected chi connectivity index (χ3v) is 6.96. The van der Waals surface area contributed by atoms with E-state index in [1.54, 1.807) is 31.4 Å². The van der Waals surface area contributed by atoms with Gasteiger partial charge in [0.2, 0.25) is 17.6 Å². The molecule has 0 aliphatic heterocycles. The van der Waals surface area contributed by atoms with Crippen LogP contribution in [0.5, 0.6) is 11.5 Å². The number of ether oxygens (including phenoxy) is 2. The number of nitrogens with zero attached hydrogens (tertiary/aromatic N) is 2. The van der Waals surface area contributed by atoms with E-state index >= 15 is 0 Å². The number of carbonyl (C=O) groups excluding carboxylic acids is 3. The lowest BCUT2D eigenvalue weighted by atomic mass is 9.80. The van der Waals surface area contributed by atoms with Gasteiger partial charge in [-0.15, -0.1) is 23.4 Å². The molecule has 2 N–H and O–H groups in total. The van der Waals surface area contributed by atoms with E-state index < -0.39 is 23.6 Å². The predicted octanol–water partition coefficient (Wildman–Crippen LogP) is 5.25. The zero-order chi connectivity index (χ0) is 30.2. The summed E-state index contributed by atoms with van der Waals surface area (Å²) < 4.78 is 51.7. The van der Waals surface area contributed by atoms with Gasteiger partial charge >= 0.3 is 6.36 Å². The number of halogens is 3. The molecule has 0 spiro atoms. The van der Waals surface area contributed by atoms with Crippen molar-refractivity contribution in [3.63, 3.8) is 0 Å². The van der Waals surface area contributed by atoms with Gasteiger partial charge in [-0.1, -0.05) is 19.3 Å². The van der Waals surface area contributed by atoms with Gasteiger partial charge in [0.1, 0.15) is 17.0 Å². The van der Waals surface area contributed by atoms with Crippen molar-refractivity contribution in [3.8, 4) is 23.0 Å². The summed E-state index contributed by atoms with van der Waals surface area (Å²) in [4.78, 5) is 38.6. The number of alkyl halides is 3. The summed E-state index contributed by atoms with van der Waals surface area (Å²) in [7, 11) is 1.56. The number of methoxy groups -OCH3 is 1. The maximum absolute atomic E-state index is 13.2. The smallest absolute Gasteiger partial charge is 0.497 e. The van der Waals surface area contributed by atoms with E-state index in [4.69, 9.17) is 9.15 Å². The Balaban J connectivity index is 1.25. The molecule has 3 aromatic rings. The molecule has 4 rings (SSSR count).